The summed E-state index contributed by atoms with van der Waals surface area (Å²) in [6.07, 6.45) is 7.74. The Morgan fingerprint density at radius 1 is 1.12 bits per heavy atom. The summed E-state index contributed by atoms with van der Waals surface area (Å²) in [5.41, 5.74) is 2.64. The van der Waals surface area contributed by atoms with E-state index < -0.39 is 0 Å². The first-order valence-corrected chi connectivity index (χ1v) is 8.21. The highest BCUT2D eigenvalue weighted by molar-refractivity contribution is 6.04. The number of carbonyl (C=O) groups excluding carboxylic acids is 1. The summed E-state index contributed by atoms with van der Waals surface area (Å²) in [5.74, 6) is -0.0950. The fourth-order valence-electron chi connectivity index (χ4n) is 2.80. The van der Waals surface area contributed by atoms with Gasteiger partial charge < -0.3 is 9.88 Å². The molecule has 4 heteroatoms. The molecule has 0 bridgehead atoms. The van der Waals surface area contributed by atoms with Gasteiger partial charge in [-0.3, -0.25) is 4.79 Å². The normalized spacial score (nSPS) is 11.9. The number of nitrogens with zero attached hydrogens (tertiary/aromatic N) is 2. The van der Waals surface area contributed by atoms with Crippen LogP contribution in [-0.4, -0.2) is 15.5 Å². The Morgan fingerprint density at radius 2 is 1.88 bits per heavy atom. The monoisotopic (exact) mass is 319 g/mol. The Hall–Kier alpha value is -2.88. The molecular formula is C20H21N3O. The van der Waals surface area contributed by atoms with Crippen LogP contribution in [0, 0.1) is 0 Å². The zero-order chi connectivity index (χ0) is 16.8. The Balaban J connectivity index is 1.75. The lowest BCUT2D eigenvalue weighted by molar-refractivity contribution is 0.102. The van der Waals surface area contributed by atoms with E-state index in [2.05, 4.69) is 21.8 Å². The molecule has 0 radical (unpaired) electrons. The molecule has 0 aliphatic carbocycles. The molecular weight excluding hydrogens is 298 g/mol. The van der Waals surface area contributed by atoms with Crippen molar-refractivity contribution in [1.29, 1.82) is 0 Å². The molecule has 24 heavy (non-hydrogen) atoms. The van der Waals surface area contributed by atoms with E-state index in [0.717, 1.165) is 18.5 Å². The standard InChI is InChI=1S/C20H21N3O/c1-2-6-19(23-14-13-21-15-23)16-9-11-17(12-10-16)20(24)22-18-7-4-3-5-8-18/h3-5,7-15,19H,2,6H2,1H3,(H,22,24). The van der Waals surface area contributed by atoms with E-state index in [1.54, 1.807) is 6.20 Å². The Bertz CT molecular complexity index is 764. The maximum atomic E-state index is 12.3. The molecule has 0 saturated heterocycles. The second-order valence-electron chi connectivity index (χ2n) is 5.76. The number of amides is 1. The SMILES string of the molecule is CCCC(c1ccc(C(=O)Nc2ccccc2)cc1)n1ccnc1. The summed E-state index contributed by atoms with van der Waals surface area (Å²) in [5, 5.41) is 2.91. The molecule has 2 aromatic carbocycles. The maximum Gasteiger partial charge on any atom is 0.255 e. The number of imidazole rings is 1. The molecule has 0 aliphatic heterocycles. The van der Waals surface area contributed by atoms with E-state index in [0.29, 0.717) is 5.56 Å². The van der Waals surface area contributed by atoms with Crippen molar-refractivity contribution in [2.75, 3.05) is 5.32 Å². The minimum atomic E-state index is -0.0950. The van der Waals surface area contributed by atoms with Gasteiger partial charge in [0, 0.05) is 23.6 Å². The number of nitrogens with one attached hydrogen (secondary N) is 1. The van der Waals surface area contributed by atoms with Gasteiger partial charge in [0.15, 0.2) is 0 Å². The molecule has 1 N–H and O–H groups in total. The highest BCUT2D eigenvalue weighted by atomic mass is 16.1. The lowest BCUT2D eigenvalue weighted by atomic mass is 10.0. The van der Waals surface area contributed by atoms with Crippen LogP contribution < -0.4 is 5.32 Å². The summed E-state index contributed by atoms with van der Waals surface area (Å²) in [7, 11) is 0. The summed E-state index contributed by atoms with van der Waals surface area (Å²) in [4.78, 5) is 16.5. The van der Waals surface area contributed by atoms with Gasteiger partial charge in [0.2, 0.25) is 0 Å². The van der Waals surface area contributed by atoms with E-state index >= 15 is 0 Å². The van der Waals surface area contributed by atoms with Gasteiger partial charge in [-0.25, -0.2) is 4.98 Å². The molecule has 0 spiro atoms. The van der Waals surface area contributed by atoms with Crippen molar-refractivity contribution < 1.29 is 4.79 Å². The van der Waals surface area contributed by atoms with Crippen molar-refractivity contribution in [3.63, 3.8) is 0 Å². The van der Waals surface area contributed by atoms with Crippen LogP contribution in [0.25, 0.3) is 0 Å². The highest BCUT2D eigenvalue weighted by Gasteiger charge is 2.13. The molecule has 1 atom stereocenters. The second kappa shape index (κ2) is 7.59. The maximum absolute atomic E-state index is 12.3. The molecule has 4 nitrogen and oxygen atoms in total. The minimum Gasteiger partial charge on any atom is -0.330 e. The zero-order valence-corrected chi connectivity index (χ0v) is 13.7. The second-order valence-corrected chi connectivity index (χ2v) is 5.76. The number of anilines is 1. The fourth-order valence-corrected chi connectivity index (χ4v) is 2.80. The molecule has 0 fully saturated rings. The van der Waals surface area contributed by atoms with Crippen LogP contribution in [0.3, 0.4) is 0 Å². The minimum absolute atomic E-state index is 0.0950. The first-order valence-electron chi connectivity index (χ1n) is 8.21. The predicted molar refractivity (Wildman–Crippen MR) is 96.1 cm³/mol. The Labute approximate surface area is 142 Å². The van der Waals surface area contributed by atoms with Gasteiger partial charge in [-0.1, -0.05) is 43.7 Å². The molecule has 3 rings (SSSR count). The van der Waals surface area contributed by atoms with Crippen molar-refractivity contribution >= 4 is 11.6 Å². The number of para-hydroxylation sites is 1. The van der Waals surface area contributed by atoms with Gasteiger partial charge in [-0.15, -0.1) is 0 Å². The largest absolute Gasteiger partial charge is 0.330 e. The lowest BCUT2D eigenvalue weighted by Gasteiger charge is -2.18. The van der Waals surface area contributed by atoms with Crippen LogP contribution in [0.5, 0.6) is 0 Å². The molecule has 0 saturated carbocycles. The van der Waals surface area contributed by atoms with Crippen molar-refractivity contribution in [3.8, 4) is 0 Å². The van der Waals surface area contributed by atoms with Gasteiger partial charge in [-0.2, -0.15) is 0 Å². The molecule has 1 aromatic heterocycles. The lowest BCUT2D eigenvalue weighted by Crippen LogP contribution is -2.13. The van der Waals surface area contributed by atoms with E-state index in [4.69, 9.17) is 0 Å². The Kier molecular flexibility index (Phi) is 5.06. The summed E-state index contributed by atoms with van der Waals surface area (Å²) in [6.45, 7) is 2.17. The van der Waals surface area contributed by atoms with Crippen LogP contribution in [0.15, 0.2) is 73.3 Å². The Morgan fingerprint density at radius 3 is 2.50 bits per heavy atom. The molecule has 1 unspecified atom stereocenters. The van der Waals surface area contributed by atoms with Crippen LogP contribution in [0.1, 0.15) is 41.7 Å². The van der Waals surface area contributed by atoms with Crippen molar-refractivity contribution in [1.82, 2.24) is 9.55 Å². The molecule has 0 aliphatic rings. The third-order valence-electron chi connectivity index (χ3n) is 4.04. The van der Waals surface area contributed by atoms with Crippen molar-refractivity contribution in [3.05, 3.63) is 84.4 Å². The summed E-state index contributed by atoms with van der Waals surface area (Å²) < 4.78 is 2.11. The van der Waals surface area contributed by atoms with Crippen LogP contribution in [0.4, 0.5) is 5.69 Å². The predicted octanol–water partition coefficient (Wildman–Crippen LogP) is 4.52. The summed E-state index contributed by atoms with van der Waals surface area (Å²) >= 11 is 0. The van der Waals surface area contributed by atoms with Gasteiger partial charge >= 0.3 is 0 Å². The number of carbonyl (C=O) groups is 1. The third kappa shape index (κ3) is 3.71. The average molecular weight is 319 g/mol. The quantitative estimate of drug-likeness (QED) is 0.726. The first-order chi connectivity index (χ1) is 11.8. The fraction of sp³-hybridized carbons (Fsp3) is 0.200. The molecule has 3 aromatic rings. The van der Waals surface area contributed by atoms with Gasteiger partial charge in [0.1, 0.15) is 0 Å². The summed E-state index contributed by atoms with van der Waals surface area (Å²) in [6, 6.07) is 17.6. The van der Waals surface area contributed by atoms with E-state index in [-0.39, 0.29) is 11.9 Å². The number of benzene rings is 2. The van der Waals surface area contributed by atoms with Crippen molar-refractivity contribution in [2.24, 2.45) is 0 Å². The first kappa shape index (κ1) is 16.0. The van der Waals surface area contributed by atoms with Gasteiger partial charge in [-0.05, 0) is 36.2 Å². The highest BCUT2D eigenvalue weighted by Crippen LogP contribution is 2.24. The topological polar surface area (TPSA) is 46.9 Å². The van der Waals surface area contributed by atoms with Crippen LogP contribution in [-0.2, 0) is 0 Å². The smallest absolute Gasteiger partial charge is 0.255 e. The zero-order valence-electron chi connectivity index (χ0n) is 13.7. The van der Waals surface area contributed by atoms with Crippen LogP contribution >= 0.6 is 0 Å². The third-order valence-corrected chi connectivity index (χ3v) is 4.04. The number of hydrogen-bond acceptors (Lipinski definition) is 2. The van der Waals surface area contributed by atoms with Gasteiger partial charge in [0.05, 0.1) is 12.4 Å². The number of hydrogen-bond donors (Lipinski definition) is 1. The molecule has 1 heterocycles. The number of aromatic nitrogens is 2. The number of rotatable bonds is 6. The van der Waals surface area contributed by atoms with E-state index in [1.807, 2.05) is 67.1 Å². The van der Waals surface area contributed by atoms with Crippen molar-refractivity contribution in [2.45, 2.75) is 25.8 Å². The van der Waals surface area contributed by atoms with Crippen LogP contribution in [0.2, 0.25) is 0 Å². The van der Waals surface area contributed by atoms with Gasteiger partial charge in [0.25, 0.3) is 5.91 Å². The van der Waals surface area contributed by atoms with E-state index in [1.165, 1.54) is 5.56 Å². The molecule has 122 valence electrons. The average Bonchev–Trinajstić information content (AvgIpc) is 3.15. The molecule has 1 amide bonds. The van der Waals surface area contributed by atoms with E-state index in [9.17, 15) is 4.79 Å².